The van der Waals surface area contributed by atoms with Crippen LogP contribution in [0, 0.1) is 11.3 Å². The Morgan fingerprint density at radius 1 is 1.32 bits per heavy atom. The van der Waals surface area contributed by atoms with Gasteiger partial charge in [0.1, 0.15) is 0 Å². The van der Waals surface area contributed by atoms with E-state index in [-0.39, 0.29) is 5.91 Å². The lowest BCUT2D eigenvalue weighted by molar-refractivity contribution is -0.117. The van der Waals surface area contributed by atoms with Crippen LogP contribution in [0.25, 0.3) is 0 Å². The van der Waals surface area contributed by atoms with Crippen molar-refractivity contribution < 1.29 is 4.79 Å². The summed E-state index contributed by atoms with van der Waals surface area (Å²) in [5.74, 6) is -0.0904. The molecule has 0 bridgehead atoms. The zero-order valence-electron chi connectivity index (χ0n) is 12.5. The van der Waals surface area contributed by atoms with Crippen LogP contribution in [0.5, 0.6) is 0 Å². The molecule has 0 aliphatic carbocycles. The van der Waals surface area contributed by atoms with Gasteiger partial charge in [-0.3, -0.25) is 14.7 Å². The number of nitrogens with one attached hydrogen (secondary N) is 1. The zero-order chi connectivity index (χ0) is 15.8. The second-order valence-corrected chi connectivity index (χ2v) is 5.08. The van der Waals surface area contributed by atoms with Crippen LogP contribution in [0.3, 0.4) is 0 Å². The van der Waals surface area contributed by atoms with Gasteiger partial charge in [0.05, 0.1) is 18.2 Å². The molecule has 0 fully saturated rings. The first kappa shape index (κ1) is 15.7. The molecule has 1 aromatic heterocycles. The van der Waals surface area contributed by atoms with Crippen LogP contribution >= 0.6 is 0 Å². The third kappa shape index (κ3) is 5.00. The van der Waals surface area contributed by atoms with E-state index in [1.807, 2.05) is 24.1 Å². The first-order valence-corrected chi connectivity index (χ1v) is 7.05. The lowest BCUT2D eigenvalue weighted by atomic mass is 10.2. The van der Waals surface area contributed by atoms with E-state index in [1.165, 1.54) is 5.56 Å². The van der Waals surface area contributed by atoms with E-state index < -0.39 is 0 Å². The molecule has 0 atom stereocenters. The van der Waals surface area contributed by atoms with Gasteiger partial charge in [-0.15, -0.1) is 0 Å². The van der Waals surface area contributed by atoms with Gasteiger partial charge in [-0.05, 0) is 49.4 Å². The number of nitrogens with zero attached hydrogens (tertiary/aromatic N) is 3. The van der Waals surface area contributed by atoms with E-state index in [9.17, 15) is 4.79 Å². The molecule has 5 heteroatoms. The molecule has 1 aromatic carbocycles. The number of aromatic nitrogens is 1. The Bertz CT molecular complexity index is 664. The average Bonchev–Trinajstić information content (AvgIpc) is 2.54. The van der Waals surface area contributed by atoms with Crippen molar-refractivity contribution in [3.63, 3.8) is 0 Å². The van der Waals surface area contributed by atoms with E-state index in [0.717, 1.165) is 13.0 Å². The number of pyridine rings is 1. The van der Waals surface area contributed by atoms with Gasteiger partial charge in [0.2, 0.25) is 5.91 Å². The highest BCUT2D eigenvalue weighted by Crippen LogP contribution is 2.09. The van der Waals surface area contributed by atoms with Crippen LogP contribution in [-0.2, 0) is 11.2 Å². The fraction of sp³-hybridized carbons (Fsp3) is 0.235. The van der Waals surface area contributed by atoms with Crippen molar-refractivity contribution in [2.75, 3.05) is 25.5 Å². The quantitative estimate of drug-likeness (QED) is 0.885. The number of benzene rings is 1. The molecule has 2 rings (SSSR count). The maximum absolute atomic E-state index is 12.0. The fourth-order valence-electron chi connectivity index (χ4n) is 2.06. The second-order valence-electron chi connectivity index (χ2n) is 5.08. The fourth-order valence-corrected chi connectivity index (χ4v) is 2.06. The Balaban J connectivity index is 1.80. The third-order valence-corrected chi connectivity index (χ3v) is 3.22. The first-order chi connectivity index (χ1) is 10.7. The van der Waals surface area contributed by atoms with Crippen LogP contribution in [0.1, 0.15) is 11.1 Å². The van der Waals surface area contributed by atoms with Crippen LogP contribution in [0.4, 0.5) is 5.69 Å². The Kier molecular flexibility index (Phi) is 5.64. The van der Waals surface area contributed by atoms with Crippen molar-refractivity contribution >= 4 is 11.6 Å². The van der Waals surface area contributed by atoms with Gasteiger partial charge in [0.25, 0.3) is 0 Å². The average molecular weight is 294 g/mol. The van der Waals surface area contributed by atoms with E-state index in [4.69, 9.17) is 5.26 Å². The molecule has 0 aliphatic heterocycles. The van der Waals surface area contributed by atoms with Crippen LogP contribution < -0.4 is 5.32 Å². The molecule has 0 unspecified atom stereocenters. The van der Waals surface area contributed by atoms with Crippen molar-refractivity contribution in [3.05, 3.63) is 59.9 Å². The highest BCUT2D eigenvalue weighted by molar-refractivity contribution is 5.92. The number of carbonyl (C=O) groups is 1. The zero-order valence-corrected chi connectivity index (χ0v) is 12.5. The topological polar surface area (TPSA) is 69.0 Å². The molecule has 1 N–H and O–H groups in total. The molecular weight excluding hydrogens is 276 g/mol. The molecule has 112 valence electrons. The maximum atomic E-state index is 12.0. The van der Waals surface area contributed by atoms with Crippen LogP contribution in [-0.4, -0.2) is 35.9 Å². The summed E-state index contributed by atoms with van der Waals surface area (Å²) in [6.07, 6.45) is 4.41. The van der Waals surface area contributed by atoms with Gasteiger partial charge < -0.3 is 5.32 Å². The molecular formula is C17H18N4O. The van der Waals surface area contributed by atoms with Gasteiger partial charge in [-0.2, -0.15) is 5.26 Å². The van der Waals surface area contributed by atoms with Gasteiger partial charge in [0, 0.05) is 24.6 Å². The highest BCUT2D eigenvalue weighted by Gasteiger charge is 2.07. The summed E-state index contributed by atoms with van der Waals surface area (Å²) in [7, 11) is 1.91. The SMILES string of the molecule is CN(CCc1ccncc1)CC(=O)Nc1cccc(C#N)c1. The van der Waals surface area contributed by atoms with Crippen LogP contribution in [0.15, 0.2) is 48.8 Å². The number of hydrogen-bond donors (Lipinski definition) is 1. The van der Waals surface area contributed by atoms with Crippen molar-refractivity contribution in [1.82, 2.24) is 9.88 Å². The van der Waals surface area contributed by atoms with Crippen molar-refractivity contribution in [2.24, 2.45) is 0 Å². The minimum atomic E-state index is -0.0904. The first-order valence-electron chi connectivity index (χ1n) is 7.05. The predicted octanol–water partition coefficient (Wildman–Crippen LogP) is 2.07. The normalized spacial score (nSPS) is 10.2. The maximum Gasteiger partial charge on any atom is 0.238 e. The number of carbonyl (C=O) groups excluding carboxylic acids is 1. The van der Waals surface area contributed by atoms with E-state index in [1.54, 1.807) is 36.7 Å². The Morgan fingerprint density at radius 3 is 2.82 bits per heavy atom. The summed E-state index contributed by atoms with van der Waals surface area (Å²) in [4.78, 5) is 17.9. The largest absolute Gasteiger partial charge is 0.325 e. The van der Waals surface area contributed by atoms with Crippen molar-refractivity contribution in [1.29, 1.82) is 5.26 Å². The van der Waals surface area contributed by atoms with Gasteiger partial charge in [0.15, 0.2) is 0 Å². The number of hydrogen-bond acceptors (Lipinski definition) is 4. The molecule has 1 heterocycles. The molecule has 5 nitrogen and oxygen atoms in total. The van der Waals surface area contributed by atoms with Gasteiger partial charge in [-0.1, -0.05) is 6.07 Å². The van der Waals surface area contributed by atoms with Crippen molar-refractivity contribution in [2.45, 2.75) is 6.42 Å². The van der Waals surface area contributed by atoms with E-state index in [2.05, 4.69) is 16.4 Å². The lowest BCUT2D eigenvalue weighted by Gasteiger charge is -2.16. The van der Waals surface area contributed by atoms with E-state index in [0.29, 0.717) is 17.8 Å². The molecule has 0 radical (unpaired) electrons. The number of rotatable bonds is 6. The van der Waals surface area contributed by atoms with Crippen molar-refractivity contribution in [3.8, 4) is 6.07 Å². The summed E-state index contributed by atoms with van der Waals surface area (Å²) >= 11 is 0. The smallest absolute Gasteiger partial charge is 0.238 e. The molecule has 1 amide bonds. The summed E-state index contributed by atoms with van der Waals surface area (Å²) < 4.78 is 0. The lowest BCUT2D eigenvalue weighted by Crippen LogP contribution is -2.31. The van der Waals surface area contributed by atoms with Gasteiger partial charge in [-0.25, -0.2) is 0 Å². The Morgan fingerprint density at radius 2 is 2.09 bits per heavy atom. The second kappa shape index (κ2) is 7.91. The number of amides is 1. The summed E-state index contributed by atoms with van der Waals surface area (Å²) in [5, 5.41) is 11.6. The Labute approximate surface area is 130 Å². The summed E-state index contributed by atoms with van der Waals surface area (Å²) in [5.41, 5.74) is 2.37. The minimum Gasteiger partial charge on any atom is -0.325 e. The standard InChI is InChI=1S/C17H18N4O/c1-21(10-7-14-5-8-19-9-6-14)13-17(22)20-16-4-2-3-15(11-16)12-18/h2-6,8-9,11H,7,10,13H2,1H3,(H,20,22). The molecule has 0 spiro atoms. The highest BCUT2D eigenvalue weighted by atomic mass is 16.2. The van der Waals surface area contributed by atoms with E-state index >= 15 is 0 Å². The molecule has 0 aliphatic rings. The van der Waals surface area contributed by atoms with Gasteiger partial charge >= 0.3 is 0 Å². The number of nitriles is 1. The molecule has 2 aromatic rings. The summed E-state index contributed by atoms with van der Waals surface area (Å²) in [6, 6.07) is 12.9. The molecule has 22 heavy (non-hydrogen) atoms. The number of anilines is 1. The monoisotopic (exact) mass is 294 g/mol. The minimum absolute atomic E-state index is 0.0904. The number of likely N-dealkylation sites (N-methyl/N-ethyl adjacent to an activating group) is 1. The predicted molar refractivity (Wildman–Crippen MR) is 85.2 cm³/mol. The Hall–Kier alpha value is -2.71. The molecule has 0 saturated carbocycles. The summed E-state index contributed by atoms with van der Waals surface area (Å²) in [6.45, 7) is 1.09. The molecule has 0 saturated heterocycles. The van der Waals surface area contributed by atoms with Crippen LogP contribution in [0.2, 0.25) is 0 Å². The third-order valence-electron chi connectivity index (χ3n) is 3.22.